The lowest BCUT2D eigenvalue weighted by atomic mass is 10.2. The number of hydrogen-bond acceptors (Lipinski definition) is 4. The maximum atomic E-state index is 12.1. The van der Waals surface area contributed by atoms with Crippen molar-refractivity contribution >= 4 is 21.6 Å². The van der Waals surface area contributed by atoms with Crippen molar-refractivity contribution in [3.8, 4) is 0 Å². The van der Waals surface area contributed by atoms with Crippen LogP contribution in [0.4, 0.5) is 0 Å². The monoisotopic (exact) mass is 306 g/mol. The molecule has 5 nitrogen and oxygen atoms in total. The predicted octanol–water partition coefficient (Wildman–Crippen LogP) is 1.37. The van der Waals surface area contributed by atoms with Crippen molar-refractivity contribution < 1.29 is 13.2 Å². The van der Waals surface area contributed by atoms with Crippen molar-refractivity contribution in [2.75, 3.05) is 27.3 Å². The Morgan fingerprint density at radius 1 is 1.37 bits per heavy atom. The molecule has 0 amide bonds. The second-order valence-electron chi connectivity index (χ2n) is 4.04. The Morgan fingerprint density at radius 2 is 2.11 bits per heavy atom. The molecule has 0 saturated carbocycles. The van der Waals surface area contributed by atoms with E-state index in [4.69, 9.17) is 16.3 Å². The first kappa shape index (κ1) is 16.4. The summed E-state index contributed by atoms with van der Waals surface area (Å²) in [5, 5.41) is 3.19. The summed E-state index contributed by atoms with van der Waals surface area (Å²) in [4.78, 5) is 0.110. The Hall–Kier alpha value is -0.660. The van der Waals surface area contributed by atoms with Gasteiger partial charge in [0.1, 0.15) is 4.90 Å². The SMILES string of the molecule is CNCc1ccc(Cl)c(S(=O)(=O)NCCCOC)c1. The fourth-order valence-electron chi connectivity index (χ4n) is 1.57. The van der Waals surface area contributed by atoms with Gasteiger partial charge in [0.05, 0.1) is 5.02 Å². The summed E-state index contributed by atoms with van der Waals surface area (Å²) in [6.45, 7) is 1.42. The van der Waals surface area contributed by atoms with E-state index in [1.165, 1.54) is 0 Å². The molecule has 1 aromatic carbocycles. The summed E-state index contributed by atoms with van der Waals surface area (Å²) >= 11 is 5.96. The molecule has 1 rings (SSSR count). The Morgan fingerprint density at radius 3 is 2.74 bits per heavy atom. The van der Waals surface area contributed by atoms with Crippen LogP contribution in [0, 0.1) is 0 Å². The zero-order valence-electron chi connectivity index (χ0n) is 11.1. The molecule has 0 aromatic heterocycles. The van der Waals surface area contributed by atoms with E-state index in [0.29, 0.717) is 26.1 Å². The molecule has 0 aliphatic heterocycles. The van der Waals surface area contributed by atoms with E-state index in [0.717, 1.165) is 5.56 Å². The van der Waals surface area contributed by atoms with Gasteiger partial charge in [-0.3, -0.25) is 0 Å². The molecular formula is C12H19ClN2O3S. The van der Waals surface area contributed by atoms with E-state index in [1.54, 1.807) is 32.4 Å². The van der Waals surface area contributed by atoms with Gasteiger partial charge in [0.15, 0.2) is 0 Å². The van der Waals surface area contributed by atoms with Gasteiger partial charge < -0.3 is 10.1 Å². The highest BCUT2D eigenvalue weighted by Crippen LogP contribution is 2.22. The van der Waals surface area contributed by atoms with Gasteiger partial charge in [0.25, 0.3) is 0 Å². The lowest BCUT2D eigenvalue weighted by Crippen LogP contribution is -2.26. The smallest absolute Gasteiger partial charge is 0.242 e. The third-order valence-corrected chi connectivity index (χ3v) is 4.43. The summed E-state index contributed by atoms with van der Waals surface area (Å²) in [5.41, 5.74) is 0.865. The summed E-state index contributed by atoms with van der Waals surface area (Å²) in [6.07, 6.45) is 0.615. The largest absolute Gasteiger partial charge is 0.385 e. The number of methoxy groups -OCH3 is 1. The van der Waals surface area contributed by atoms with E-state index in [1.807, 2.05) is 0 Å². The number of halogens is 1. The number of benzene rings is 1. The molecule has 19 heavy (non-hydrogen) atoms. The van der Waals surface area contributed by atoms with Crippen LogP contribution < -0.4 is 10.0 Å². The minimum atomic E-state index is -3.58. The maximum Gasteiger partial charge on any atom is 0.242 e. The average Bonchev–Trinajstić information content (AvgIpc) is 2.37. The fourth-order valence-corrected chi connectivity index (χ4v) is 3.19. The maximum absolute atomic E-state index is 12.1. The zero-order valence-corrected chi connectivity index (χ0v) is 12.6. The summed E-state index contributed by atoms with van der Waals surface area (Å²) in [6, 6.07) is 4.97. The number of nitrogens with one attached hydrogen (secondary N) is 2. The normalized spacial score (nSPS) is 11.7. The number of rotatable bonds is 8. The molecule has 1 aromatic rings. The van der Waals surface area contributed by atoms with Crippen molar-refractivity contribution in [2.24, 2.45) is 0 Å². The number of hydrogen-bond donors (Lipinski definition) is 2. The first-order valence-electron chi connectivity index (χ1n) is 5.93. The Bertz CT molecular complexity index is 506. The predicted molar refractivity (Wildman–Crippen MR) is 75.9 cm³/mol. The van der Waals surface area contributed by atoms with Gasteiger partial charge in [-0.2, -0.15) is 0 Å². The highest BCUT2D eigenvalue weighted by atomic mass is 35.5. The molecule has 0 fully saturated rings. The molecular weight excluding hydrogens is 288 g/mol. The highest BCUT2D eigenvalue weighted by molar-refractivity contribution is 7.89. The van der Waals surface area contributed by atoms with Gasteiger partial charge >= 0.3 is 0 Å². The van der Waals surface area contributed by atoms with Crippen molar-refractivity contribution in [3.63, 3.8) is 0 Å². The van der Waals surface area contributed by atoms with E-state index in [-0.39, 0.29) is 9.92 Å². The van der Waals surface area contributed by atoms with Crippen LogP contribution in [0.2, 0.25) is 5.02 Å². The van der Waals surface area contributed by atoms with Gasteiger partial charge in [-0.05, 0) is 31.2 Å². The first-order valence-corrected chi connectivity index (χ1v) is 7.79. The van der Waals surface area contributed by atoms with Crippen LogP contribution in [0.3, 0.4) is 0 Å². The zero-order chi connectivity index (χ0) is 14.3. The molecule has 7 heteroatoms. The average molecular weight is 307 g/mol. The molecule has 0 spiro atoms. The van der Waals surface area contributed by atoms with E-state index >= 15 is 0 Å². The van der Waals surface area contributed by atoms with Gasteiger partial charge in [-0.25, -0.2) is 13.1 Å². The second-order valence-corrected chi connectivity index (χ2v) is 6.18. The third kappa shape index (κ3) is 5.08. The Balaban J connectivity index is 2.84. The van der Waals surface area contributed by atoms with Gasteiger partial charge in [0.2, 0.25) is 10.0 Å². The molecule has 0 radical (unpaired) electrons. The number of sulfonamides is 1. The Labute approximate surface area is 119 Å². The third-order valence-electron chi connectivity index (χ3n) is 2.48. The van der Waals surface area contributed by atoms with Crippen LogP contribution in [-0.4, -0.2) is 35.7 Å². The molecule has 0 unspecified atom stereocenters. The molecule has 0 bridgehead atoms. The van der Waals surface area contributed by atoms with E-state index < -0.39 is 10.0 Å². The summed E-state index contributed by atoms with van der Waals surface area (Å²) < 4.78 is 31.6. The standard InChI is InChI=1S/C12H19ClN2O3S/c1-14-9-10-4-5-11(13)12(8-10)19(16,17)15-6-3-7-18-2/h4-5,8,14-15H,3,6-7,9H2,1-2H3. The van der Waals surface area contributed by atoms with Crippen molar-refractivity contribution in [1.82, 2.24) is 10.0 Å². The molecule has 0 aliphatic rings. The molecule has 0 aliphatic carbocycles. The molecule has 2 N–H and O–H groups in total. The van der Waals surface area contributed by atoms with E-state index in [9.17, 15) is 8.42 Å². The van der Waals surface area contributed by atoms with Crippen LogP contribution in [0.25, 0.3) is 0 Å². The van der Waals surface area contributed by atoms with Gasteiger partial charge in [-0.1, -0.05) is 17.7 Å². The van der Waals surface area contributed by atoms with Crippen LogP contribution in [-0.2, 0) is 21.3 Å². The van der Waals surface area contributed by atoms with Crippen molar-refractivity contribution in [2.45, 2.75) is 17.9 Å². The summed E-state index contributed by atoms with van der Waals surface area (Å²) in [5.74, 6) is 0. The minimum absolute atomic E-state index is 0.110. The minimum Gasteiger partial charge on any atom is -0.385 e. The highest BCUT2D eigenvalue weighted by Gasteiger charge is 2.17. The quantitative estimate of drug-likeness (QED) is 0.712. The Kier molecular flexibility index (Phi) is 6.74. The second kappa shape index (κ2) is 7.81. The topological polar surface area (TPSA) is 67.4 Å². The van der Waals surface area contributed by atoms with E-state index in [2.05, 4.69) is 10.0 Å². The van der Waals surface area contributed by atoms with Crippen LogP contribution in [0.5, 0.6) is 0 Å². The van der Waals surface area contributed by atoms with Crippen LogP contribution in [0.15, 0.2) is 23.1 Å². The van der Waals surface area contributed by atoms with Crippen LogP contribution in [0.1, 0.15) is 12.0 Å². The van der Waals surface area contributed by atoms with Crippen molar-refractivity contribution in [3.05, 3.63) is 28.8 Å². The molecule has 0 atom stereocenters. The number of ether oxygens (including phenoxy) is 1. The molecule has 108 valence electrons. The van der Waals surface area contributed by atoms with Gasteiger partial charge in [0, 0.05) is 26.8 Å². The fraction of sp³-hybridized carbons (Fsp3) is 0.500. The van der Waals surface area contributed by atoms with Crippen LogP contribution >= 0.6 is 11.6 Å². The first-order chi connectivity index (χ1) is 9.01. The summed E-state index contributed by atoms with van der Waals surface area (Å²) in [7, 11) is -0.204. The lowest BCUT2D eigenvalue weighted by Gasteiger charge is -2.10. The lowest BCUT2D eigenvalue weighted by molar-refractivity contribution is 0.196. The van der Waals surface area contributed by atoms with Crippen molar-refractivity contribution in [1.29, 1.82) is 0 Å². The molecule has 0 heterocycles. The molecule has 0 saturated heterocycles. The van der Waals surface area contributed by atoms with Gasteiger partial charge in [-0.15, -0.1) is 0 Å².